The summed E-state index contributed by atoms with van der Waals surface area (Å²) in [5, 5.41) is 9.07. The van der Waals surface area contributed by atoms with Crippen molar-refractivity contribution in [1.29, 1.82) is 0 Å². The van der Waals surface area contributed by atoms with Gasteiger partial charge in [0.25, 0.3) is 0 Å². The van der Waals surface area contributed by atoms with Gasteiger partial charge >= 0.3 is 5.97 Å². The number of aliphatic carboxylic acids is 1. The first-order chi connectivity index (χ1) is 6.20. The number of hydrogen-bond acceptors (Lipinski definition) is 2. The van der Waals surface area contributed by atoms with Crippen molar-refractivity contribution < 1.29 is 9.90 Å². The van der Waals surface area contributed by atoms with E-state index >= 15 is 0 Å². The van der Waals surface area contributed by atoms with Crippen molar-refractivity contribution in [3.63, 3.8) is 0 Å². The molecule has 1 fully saturated rings. The number of likely N-dealkylation sites (N-methyl/N-ethyl adjacent to an activating group) is 1. The lowest BCUT2D eigenvalue weighted by Crippen LogP contribution is -2.43. The third kappa shape index (κ3) is 2.69. The van der Waals surface area contributed by atoms with E-state index in [1.54, 1.807) is 0 Å². The summed E-state index contributed by atoms with van der Waals surface area (Å²) in [7, 11) is 0. The van der Waals surface area contributed by atoms with Crippen LogP contribution in [-0.2, 0) is 4.79 Å². The van der Waals surface area contributed by atoms with Gasteiger partial charge in [0.1, 0.15) is 6.04 Å². The average Bonchev–Trinajstić information content (AvgIpc) is 2.86. The summed E-state index contributed by atoms with van der Waals surface area (Å²) in [5.74, 6) is -0.221. The van der Waals surface area contributed by atoms with E-state index in [1.807, 2.05) is 6.92 Å². The minimum atomic E-state index is -0.641. The molecular formula is C10H19NO2. The minimum absolute atomic E-state index is 0.218. The lowest BCUT2D eigenvalue weighted by molar-refractivity contribution is -0.144. The van der Waals surface area contributed by atoms with Crippen LogP contribution in [0.4, 0.5) is 0 Å². The van der Waals surface area contributed by atoms with Crippen LogP contribution >= 0.6 is 0 Å². The molecule has 0 saturated heterocycles. The van der Waals surface area contributed by atoms with Gasteiger partial charge in [-0.05, 0) is 38.3 Å². The molecule has 1 N–H and O–H groups in total. The number of carbonyl (C=O) groups is 1. The van der Waals surface area contributed by atoms with E-state index in [1.165, 1.54) is 0 Å². The monoisotopic (exact) mass is 185 g/mol. The molecule has 0 amide bonds. The van der Waals surface area contributed by atoms with Crippen molar-refractivity contribution in [2.24, 2.45) is 5.92 Å². The van der Waals surface area contributed by atoms with Crippen molar-refractivity contribution in [2.45, 2.75) is 39.2 Å². The van der Waals surface area contributed by atoms with Crippen LogP contribution in [0.1, 0.15) is 33.1 Å². The third-order valence-electron chi connectivity index (χ3n) is 2.63. The van der Waals surface area contributed by atoms with Gasteiger partial charge in [-0.15, -0.1) is 0 Å². The second-order valence-electron chi connectivity index (χ2n) is 3.75. The van der Waals surface area contributed by atoms with Crippen LogP contribution in [0.25, 0.3) is 0 Å². The Bertz CT molecular complexity index is 178. The molecule has 0 aromatic heterocycles. The highest BCUT2D eigenvalue weighted by Crippen LogP contribution is 2.35. The standard InChI is InChI=1S/C10H19NO2/c1-3-7-11(4-2)9(10(12)13)8-5-6-8/h8-9H,3-7H2,1-2H3,(H,12,13). The first-order valence-electron chi connectivity index (χ1n) is 5.17. The Morgan fingerprint density at radius 1 is 1.54 bits per heavy atom. The molecule has 1 atom stereocenters. The molecule has 0 aromatic rings. The highest BCUT2D eigenvalue weighted by atomic mass is 16.4. The van der Waals surface area contributed by atoms with Gasteiger partial charge in [0, 0.05) is 0 Å². The Balaban J connectivity index is 2.54. The molecule has 1 aliphatic carbocycles. The molecule has 0 aliphatic heterocycles. The Hall–Kier alpha value is -0.570. The van der Waals surface area contributed by atoms with Crippen LogP contribution in [0.2, 0.25) is 0 Å². The van der Waals surface area contributed by atoms with Crippen LogP contribution in [0.5, 0.6) is 0 Å². The molecule has 3 heteroatoms. The maximum absolute atomic E-state index is 11.0. The highest BCUT2D eigenvalue weighted by molar-refractivity contribution is 5.74. The molecule has 0 spiro atoms. The van der Waals surface area contributed by atoms with E-state index in [0.717, 1.165) is 32.4 Å². The second-order valence-corrected chi connectivity index (χ2v) is 3.75. The summed E-state index contributed by atoms with van der Waals surface area (Å²) in [6.45, 7) is 5.88. The van der Waals surface area contributed by atoms with Crippen molar-refractivity contribution in [3.8, 4) is 0 Å². The topological polar surface area (TPSA) is 40.5 Å². The maximum atomic E-state index is 11.0. The maximum Gasteiger partial charge on any atom is 0.321 e. The largest absolute Gasteiger partial charge is 0.480 e. The zero-order chi connectivity index (χ0) is 9.84. The Morgan fingerprint density at radius 3 is 2.46 bits per heavy atom. The molecule has 1 saturated carbocycles. The Kier molecular flexibility index (Phi) is 3.72. The van der Waals surface area contributed by atoms with E-state index in [-0.39, 0.29) is 6.04 Å². The number of carboxylic acid groups (broad SMARTS) is 1. The molecule has 1 unspecified atom stereocenters. The lowest BCUT2D eigenvalue weighted by Gasteiger charge is -2.26. The zero-order valence-electron chi connectivity index (χ0n) is 8.49. The lowest BCUT2D eigenvalue weighted by atomic mass is 10.1. The summed E-state index contributed by atoms with van der Waals surface area (Å²) in [4.78, 5) is 13.1. The fourth-order valence-corrected chi connectivity index (χ4v) is 1.85. The van der Waals surface area contributed by atoms with E-state index in [0.29, 0.717) is 5.92 Å². The Morgan fingerprint density at radius 2 is 2.15 bits per heavy atom. The number of rotatable bonds is 6. The summed E-state index contributed by atoms with van der Waals surface area (Å²) in [5.41, 5.74) is 0. The molecule has 1 aliphatic rings. The second kappa shape index (κ2) is 4.61. The van der Waals surface area contributed by atoms with Gasteiger partial charge in [-0.25, -0.2) is 0 Å². The smallest absolute Gasteiger partial charge is 0.321 e. The molecule has 0 heterocycles. The van der Waals surface area contributed by atoms with Crippen LogP contribution in [0.3, 0.4) is 0 Å². The first kappa shape index (κ1) is 10.5. The summed E-state index contributed by atoms with van der Waals surface area (Å²) < 4.78 is 0. The molecule has 0 radical (unpaired) electrons. The van der Waals surface area contributed by atoms with E-state index in [9.17, 15) is 4.79 Å². The fraction of sp³-hybridized carbons (Fsp3) is 0.900. The van der Waals surface area contributed by atoms with Gasteiger partial charge < -0.3 is 5.11 Å². The summed E-state index contributed by atoms with van der Waals surface area (Å²) in [6.07, 6.45) is 3.22. The van der Waals surface area contributed by atoms with Crippen LogP contribution < -0.4 is 0 Å². The van der Waals surface area contributed by atoms with Gasteiger partial charge in [0.15, 0.2) is 0 Å². The number of hydrogen-bond donors (Lipinski definition) is 1. The van der Waals surface area contributed by atoms with Crippen LogP contribution in [-0.4, -0.2) is 35.1 Å². The molecule has 1 rings (SSSR count). The van der Waals surface area contributed by atoms with E-state index in [4.69, 9.17) is 5.11 Å². The highest BCUT2D eigenvalue weighted by Gasteiger charge is 2.39. The van der Waals surface area contributed by atoms with Gasteiger partial charge in [-0.3, -0.25) is 9.69 Å². The number of carboxylic acids is 1. The minimum Gasteiger partial charge on any atom is -0.480 e. The average molecular weight is 185 g/mol. The van der Waals surface area contributed by atoms with E-state index < -0.39 is 5.97 Å². The third-order valence-corrected chi connectivity index (χ3v) is 2.63. The van der Waals surface area contributed by atoms with Crippen molar-refractivity contribution >= 4 is 5.97 Å². The van der Waals surface area contributed by atoms with Crippen molar-refractivity contribution in [3.05, 3.63) is 0 Å². The Labute approximate surface area is 79.7 Å². The normalized spacial score (nSPS) is 19.0. The molecule has 13 heavy (non-hydrogen) atoms. The molecule has 0 bridgehead atoms. The predicted molar refractivity (Wildman–Crippen MR) is 51.7 cm³/mol. The van der Waals surface area contributed by atoms with Gasteiger partial charge in [-0.2, -0.15) is 0 Å². The van der Waals surface area contributed by atoms with E-state index in [2.05, 4.69) is 11.8 Å². The quantitative estimate of drug-likeness (QED) is 0.683. The molecule has 3 nitrogen and oxygen atoms in total. The number of nitrogens with zero attached hydrogens (tertiary/aromatic N) is 1. The van der Waals surface area contributed by atoms with Gasteiger partial charge in [0.2, 0.25) is 0 Å². The predicted octanol–water partition coefficient (Wildman–Crippen LogP) is 1.58. The van der Waals surface area contributed by atoms with Crippen LogP contribution in [0, 0.1) is 5.92 Å². The van der Waals surface area contributed by atoms with Gasteiger partial charge in [-0.1, -0.05) is 13.8 Å². The molecule has 76 valence electrons. The van der Waals surface area contributed by atoms with Crippen molar-refractivity contribution in [1.82, 2.24) is 4.90 Å². The summed E-state index contributed by atoms with van der Waals surface area (Å²) >= 11 is 0. The van der Waals surface area contributed by atoms with Crippen molar-refractivity contribution in [2.75, 3.05) is 13.1 Å². The SMILES string of the molecule is CCCN(CC)C(C(=O)O)C1CC1. The zero-order valence-corrected chi connectivity index (χ0v) is 8.49. The first-order valence-corrected chi connectivity index (χ1v) is 5.17. The molecular weight excluding hydrogens is 166 g/mol. The molecule has 0 aromatic carbocycles. The fourth-order valence-electron chi connectivity index (χ4n) is 1.85. The summed E-state index contributed by atoms with van der Waals surface area (Å²) in [6, 6.07) is -0.218. The van der Waals surface area contributed by atoms with Gasteiger partial charge in [0.05, 0.1) is 0 Å². The van der Waals surface area contributed by atoms with Crippen LogP contribution in [0.15, 0.2) is 0 Å².